The van der Waals surface area contributed by atoms with E-state index in [-0.39, 0.29) is 5.54 Å². The largest absolute Gasteiger partial charge is 0.308 e. The van der Waals surface area contributed by atoms with Crippen molar-refractivity contribution in [2.75, 3.05) is 13.1 Å². The molecule has 6 heteroatoms. The molecule has 2 atom stereocenters. The van der Waals surface area contributed by atoms with Crippen LogP contribution in [0, 0.1) is 11.8 Å². The molecule has 0 bridgehead atoms. The Morgan fingerprint density at radius 3 is 2.70 bits per heavy atom. The van der Waals surface area contributed by atoms with E-state index in [0.717, 1.165) is 31.4 Å². The topological polar surface area (TPSA) is 58.9 Å². The van der Waals surface area contributed by atoms with Crippen molar-refractivity contribution in [1.29, 1.82) is 0 Å². The maximum atomic E-state index is 4.34. The fourth-order valence-electron chi connectivity index (χ4n) is 3.45. The Hall–Kier alpha value is -1.01. The summed E-state index contributed by atoms with van der Waals surface area (Å²) < 4.78 is 0. The van der Waals surface area contributed by atoms with Gasteiger partial charge in [0.05, 0.1) is 13.6 Å². The van der Waals surface area contributed by atoms with Gasteiger partial charge in [0, 0.05) is 24.7 Å². The zero-order valence-corrected chi connectivity index (χ0v) is 13.0. The Labute approximate surface area is 120 Å². The van der Waals surface area contributed by atoms with E-state index in [1.54, 1.807) is 4.80 Å². The molecule has 6 nitrogen and oxygen atoms in total. The van der Waals surface area contributed by atoms with Crippen molar-refractivity contribution in [3.8, 4) is 0 Å². The standard InChI is InChI=1S/C14H26N6/c1-10(2)12-7-15-14(3,11-5-6-11)9-20(12)8-13-16-18-19(4)17-13/h10-12,15H,5-9H2,1-4H3. The summed E-state index contributed by atoms with van der Waals surface area (Å²) in [5.41, 5.74) is 0.258. The smallest absolute Gasteiger partial charge is 0.188 e. The molecule has 2 fully saturated rings. The van der Waals surface area contributed by atoms with E-state index in [0.29, 0.717) is 12.0 Å². The summed E-state index contributed by atoms with van der Waals surface area (Å²) in [5.74, 6) is 2.30. The van der Waals surface area contributed by atoms with E-state index >= 15 is 0 Å². The minimum Gasteiger partial charge on any atom is -0.308 e. The van der Waals surface area contributed by atoms with Crippen molar-refractivity contribution in [3.05, 3.63) is 5.82 Å². The highest BCUT2D eigenvalue weighted by Gasteiger charge is 2.46. The maximum Gasteiger partial charge on any atom is 0.188 e. The van der Waals surface area contributed by atoms with E-state index in [9.17, 15) is 0 Å². The number of nitrogens with one attached hydrogen (secondary N) is 1. The lowest BCUT2D eigenvalue weighted by molar-refractivity contribution is 0.0442. The molecule has 1 saturated heterocycles. The highest BCUT2D eigenvalue weighted by atomic mass is 15.6. The van der Waals surface area contributed by atoms with Crippen LogP contribution in [0.3, 0.4) is 0 Å². The van der Waals surface area contributed by atoms with Gasteiger partial charge in [0.25, 0.3) is 0 Å². The Morgan fingerprint density at radius 2 is 2.15 bits per heavy atom. The van der Waals surface area contributed by atoms with Gasteiger partial charge in [-0.05, 0) is 36.8 Å². The van der Waals surface area contributed by atoms with E-state index < -0.39 is 0 Å². The molecule has 1 aliphatic carbocycles. The van der Waals surface area contributed by atoms with Gasteiger partial charge in [-0.2, -0.15) is 4.80 Å². The molecular weight excluding hydrogens is 252 g/mol. The van der Waals surface area contributed by atoms with E-state index in [2.05, 4.69) is 46.4 Å². The third-order valence-corrected chi connectivity index (χ3v) is 4.86. The molecule has 112 valence electrons. The number of nitrogens with zero attached hydrogens (tertiary/aromatic N) is 5. The molecule has 1 aliphatic heterocycles. The number of piperazine rings is 1. The van der Waals surface area contributed by atoms with Crippen molar-refractivity contribution < 1.29 is 0 Å². The zero-order chi connectivity index (χ0) is 14.3. The van der Waals surface area contributed by atoms with Gasteiger partial charge in [-0.25, -0.2) is 0 Å². The van der Waals surface area contributed by atoms with Crippen LogP contribution in [0.5, 0.6) is 0 Å². The predicted molar refractivity (Wildman–Crippen MR) is 77.0 cm³/mol. The van der Waals surface area contributed by atoms with Crippen LogP contribution in [0.4, 0.5) is 0 Å². The summed E-state index contributed by atoms with van der Waals surface area (Å²) in [6.45, 7) is 9.91. The molecule has 2 aliphatic rings. The third kappa shape index (κ3) is 2.72. The molecule has 1 aromatic rings. The number of aryl methyl sites for hydroxylation is 1. The first-order chi connectivity index (χ1) is 9.48. The molecule has 0 radical (unpaired) electrons. The van der Waals surface area contributed by atoms with Crippen LogP contribution in [0.15, 0.2) is 0 Å². The van der Waals surface area contributed by atoms with Crippen molar-refractivity contribution in [1.82, 2.24) is 30.4 Å². The molecule has 20 heavy (non-hydrogen) atoms. The minimum absolute atomic E-state index is 0.258. The number of hydrogen-bond acceptors (Lipinski definition) is 5. The van der Waals surface area contributed by atoms with Crippen LogP contribution in [0.2, 0.25) is 0 Å². The zero-order valence-electron chi connectivity index (χ0n) is 13.0. The number of tetrazole rings is 1. The Morgan fingerprint density at radius 1 is 1.40 bits per heavy atom. The van der Waals surface area contributed by atoms with Gasteiger partial charge in [-0.15, -0.1) is 10.2 Å². The summed E-state index contributed by atoms with van der Waals surface area (Å²) in [7, 11) is 1.82. The summed E-state index contributed by atoms with van der Waals surface area (Å²) in [5, 5.41) is 16.2. The lowest BCUT2D eigenvalue weighted by Gasteiger charge is -2.47. The monoisotopic (exact) mass is 278 g/mol. The highest BCUT2D eigenvalue weighted by Crippen LogP contribution is 2.41. The maximum absolute atomic E-state index is 4.34. The predicted octanol–water partition coefficient (Wildman–Crippen LogP) is 0.809. The van der Waals surface area contributed by atoms with Crippen LogP contribution < -0.4 is 5.32 Å². The summed E-state index contributed by atoms with van der Waals surface area (Å²) in [6.07, 6.45) is 2.74. The number of rotatable bonds is 4. The Bertz CT molecular complexity index is 466. The van der Waals surface area contributed by atoms with Gasteiger partial charge in [-0.1, -0.05) is 13.8 Å². The molecule has 1 N–H and O–H groups in total. The summed E-state index contributed by atoms with van der Waals surface area (Å²) >= 11 is 0. The fraction of sp³-hybridized carbons (Fsp3) is 0.929. The average molecular weight is 278 g/mol. The molecule has 1 aromatic heterocycles. The molecule has 3 rings (SSSR count). The van der Waals surface area contributed by atoms with Gasteiger partial charge in [0.15, 0.2) is 5.82 Å². The van der Waals surface area contributed by atoms with Crippen LogP contribution in [-0.4, -0.2) is 49.8 Å². The van der Waals surface area contributed by atoms with Gasteiger partial charge >= 0.3 is 0 Å². The summed E-state index contributed by atoms with van der Waals surface area (Å²) in [6, 6.07) is 0.547. The first-order valence-corrected chi connectivity index (χ1v) is 7.70. The lowest BCUT2D eigenvalue weighted by Crippen LogP contribution is -2.64. The molecule has 2 unspecified atom stereocenters. The second kappa shape index (κ2) is 5.07. The first kappa shape index (κ1) is 13.9. The van der Waals surface area contributed by atoms with E-state index in [4.69, 9.17) is 0 Å². The van der Waals surface area contributed by atoms with E-state index in [1.807, 2.05) is 7.05 Å². The van der Waals surface area contributed by atoms with Crippen LogP contribution in [0.25, 0.3) is 0 Å². The molecule has 0 amide bonds. The molecule has 2 heterocycles. The Kier molecular flexibility index (Phi) is 3.54. The van der Waals surface area contributed by atoms with Crippen LogP contribution in [-0.2, 0) is 13.6 Å². The SMILES string of the molecule is CC(C)C1CNC(C)(C2CC2)CN1Cc1nnn(C)n1. The first-order valence-electron chi connectivity index (χ1n) is 7.70. The fourth-order valence-corrected chi connectivity index (χ4v) is 3.45. The Balaban J connectivity index is 1.74. The van der Waals surface area contributed by atoms with Crippen molar-refractivity contribution >= 4 is 0 Å². The quantitative estimate of drug-likeness (QED) is 0.883. The van der Waals surface area contributed by atoms with Gasteiger partial charge < -0.3 is 5.32 Å². The second-order valence-corrected chi connectivity index (χ2v) is 6.98. The highest BCUT2D eigenvalue weighted by molar-refractivity contribution is 5.05. The van der Waals surface area contributed by atoms with Gasteiger partial charge in [0.2, 0.25) is 0 Å². The minimum atomic E-state index is 0.258. The number of aromatic nitrogens is 4. The molecular formula is C14H26N6. The lowest BCUT2D eigenvalue weighted by atomic mass is 9.88. The average Bonchev–Trinajstić information content (AvgIpc) is 3.15. The van der Waals surface area contributed by atoms with Crippen molar-refractivity contribution in [3.63, 3.8) is 0 Å². The number of hydrogen-bond donors (Lipinski definition) is 1. The molecule has 1 saturated carbocycles. The molecule has 0 aromatic carbocycles. The second-order valence-electron chi connectivity index (χ2n) is 6.98. The molecule has 0 spiro atoms. The third-order valence-electron chi connectivity index (χ3n) is 4.86. The summed E-state index contributed by atoms with van der Waals surface area (Å²) in [4.78, 5) is 4.10. The van der Waals surface area contributed by atoms with Crippen LogP contribution in [0.1, 0.15) is 39.4 Å². The van der Waals surface area contributed by atoms with Crippen LogP contribution >= 0.6 is 0 Å². The van der Waals surface area contributed by atoms with Gasteiger partial charge in [0.1, 0.15) is 0 Å². The van der Waals surface area contributed by atoms with E-state index in [1.165, 1.54) is 12.8 Å². The van der Waals surface area contributed by atoms with Gasteiger partial charge in [-0.3, -0.25) is 4.90 Å². The van der Waals surface area contributed by atoms with Crippen molar-refractivity contribution in [2.24, 2.45) is 18.9 Å². The normalized spacial score (nSPS) is 31.9. The van der Waals surface area contributed by atoms with Crippen molar-refractivity contribution in [2.45, 2.75) is 51.7 Å².